The molecule has 2 fully saturated rings. The number of benzene rings is 2. The number of ketones is 1. The fourth-order valence-corrected chi connectivity index (χ4v) is 5.45. The maximum absolute atomic E-state index is 13.3. The zero-order valence-corrected chi connectivity index (χ0v) is 22.2. The summed E-state index contributed by atoms with van der Waals surface area (Å²) in [7, 11) is 1.66. The normalized spacial score (nSPS) is 16.9. The number of nitro benzene ring substituents is 1. The first kappa shape index (κ1) is 31.2. The molecule has 0 bridgehead atoms. The van der Waals surface area contributed by atoms with Gasteiger partial charge in [-0.1, -0.05) is 7.43 Å². The summed E-state index contributed by atoms with van der Waals surface area (Å²) in [5.74, 6) is 1.29. The number of Topliss-reactive ketones (excluding diaryl/α,β-unsaturated/α-hetero) is 1. The lowest BCUT2D eigenvalue weighted by molar-refractivity contribution is -0.388. The lowest BCUT2D eigenvalue weighted by Gasteiger charge is -2.36. The number of hydrogen-bond acceptors (Lipinski definition) is 7. The van der Waals surface area contributed by atoms with E-state index in [2.05, 4.69) is 21.9 Å². The number of carbonyl (C=O) groups excluding carboxylic acids is 1. The molecule has 0 saturated carbocycles. The standard InChI is InChI=1S/C28H35F3N4O4.CH4/c1-39-25-7-4-22(5-8-25)34-17-15-32(16-18-34)12-2-3-24(36)19-21-10-13-33(14-11-21)23-6-9-27(35(37)38)26(20-23)28(29,30)31;/h4-9,20-21H,2-3,10-19H2,1H3;1H4. The molecule has 40 heavy (non-hydrogen) atoms. The van der Waals surface area contributed by atoms with Crippen LogP contribution in [-0.2, 0) is 11.0 Å². The predicted molar refractivity (Wildman–Crippen MR) is 150 cm³/mol. The molecule has 11 heteroatoms. The van der Waals surface area contributed by atoms with E-state index in [1.165, 1.54) is 11.8 Å². The van der Waals surface area contributed by atoms with Crippen LogP contribution in [0.2, 0.25) is 0 Å². The number of anilines is 2. The SMILES string of the molecule is C.COc1ccc(N2CCN(CCCC(=O)CC3CCN(c4ccc([N+](=O)[O-])c(C(F)(F)F)c4)CC3)CC2)cc1. The number of hydrogen-bond donors (Lipinski definition) is 0. The van der Waals surface area contributed by atoms with E-state index in [4.69, 9.17) is 4.74 Å². The highest BCUT2D eigenvalue weighted by Gasteiger charge is 2.39. The number of halogens is 3. The van der Waals surface area contributed by atoms with Gasteiger partial charge in [-0.05, 0) is 68.1 Å². The smallest absolute Gasteiger partial charge is 0.423 e. The van der Waals surface area contributed by atoms with Crippen molar-refractivity contribution in [1.82, 2.24) is 4.90 Å². The van der Waals surface area contributed by atoms with Crippen molar-refractivity contribution < 1.29 is 27.6 Å². The summed E-state index contributed by atoms with van der Waals surface area (Å²) in [4.78, 5) is 29.2. The van der Waals surface area contributed by atoms with E-state index in [9.17, 15) is 28.1 Å². The molecule has 2 saturated heterocycles. The van der Waals surface area contributed by atoms with E-state index in [0.717, 1.165) is 57.0 Å². The number of rotatable bonds is 10. The zero-order valence-electron chi connectivity index (χ0n) is 22.2. The van der Waals surface area contributed by atoms with Crippen LogP contribution in [-0.4, -0.2) is 68.5 Å². The first-order valence-corrected chi connectivity index (χ1v) is 13.4. The fourth-order valence-electron chi connectivity index (χ4n) is 5.45. The van der Waals surface area contributed by atoms with Gasteiger partial charge in [0, 0.05) is 69.6 Å². The molecule has 220 valence electrons. The van der Waals surface area contributed by atoms with E-state index in [1.807, 2.05) is 17.0 Å². The van der Waals surface area contributed by atoms with Crippen LogP contribution in [0.1, 0.15) is 45.1 Å². The molecule has 2 aromatic carbocycles. The van der Waals surface area contributed by atoms with Crippen molar-refractivity contribution in [3.8, 4) is 5.75 Å². The van der Waals surface area contributed by atoms with Crippen molar-refractivity contribution in [2.45, 2.75) is 45.7 Å². The molecule has 2 aromatic rings. The Bertz CT molecular complexity index is 1130. The van der Waals surface area contributed by atoms with Crippen LogP contribution in [0, 0.1) is 16.0 Å². The molecule has 0 atom stereocenters. The summed E-state index contributed by atoms with van der Waals surface area (Å²) < 4.78 is 45.2. The minimum absolute atomic E-state index is 0. The number of nitrogens with zero attached hydrogens (tertiary/aromatic N) is 4. The minimum Gasteiger partial charge on any atom is -0.497 e. The Morgan fingerprint density at radius 3 is 2.15 bits per heavy atom. The molecule has 0 unspecified atom stereocenters. The lowest BCUT2D eigenvalue weighted by Crippen LogP contribution is -2.46. The second kappa shape index (κ2) is 13.8. The van der Waals surface area contributed by atoms with Gasteiger partial charge in [0.1, 0.15) is 17.1 Å². The van der Waals surface area contributed by atoms with Crippen molar-refractivity contribution in [2.24, 2.45) is 5.92 Å². The van der Waals surface area contributed by atoms with Gasteiger partial charge < -0.3 is 14.5 Å². The molecule has 0 spiro atoms. The molecule has 0 aromatic heterocycles. The first-order valence-electron chi connectivity index (χ1n) is 13.4. The minimum atomic E-state index is -4.80. The van der Waals surface area contributed by atoms with Crippen molar-refractivity contribution in [1.29, 1.82) is 0 Å². The topological polar surface area (TPSA) is 79.2 Å². The highest BCUT2D eigenvalue weighted by atomic mass is 19.4. The number of piperazine rings is 1. The lowest BCUT2D eigenvalue weighted by atomic mass is 9.90. The van der Waals surface area contributed by atoms with Crippen LogP contribution in [0.4, 0.5) is 30.2 Å². The fraction of sp³-hybridized carbons (Fsp3) is 0.552. The summed E-state index contributed by atoms with van der Waals surface area (Å²) in [6, 6.07) is 11.2. The van der Waals surface area contributed by atoms with Gasteiger partial charge in [0.2, 0.25) is 0 Å². The molecule has 0 radical (unpaired) electrons. The number of piperidine rings is 1. The first-order chi connectivity index (χ1) is 18.6. The van der Waals surface area contributed by atoms with E-state index in [1.54, 1.807) is 7.11 Å². The van der Waals surface area contributed by atoms with Gasteiger partial charge in [0.15, 0.2) is 0 Å². The summed E-state index contributed by atoms with van der Waals surface area (Å²) in [5, 5.41) is 11.0. The van der Waals surface area contributed by atoms with Crippen molar-refractivity contribution in [3.63, 3.8) is 0 Å². The quantitative estimate of drug-likeness (QED) is 0.257. The molecule has 2 heterocycles. The van der Waals surface area contributed by atoms with Gasteiger partial charge in [-0.15, -0.1) is 0 Å². The average molecular weight is 565 g/mol. The van der Waals surface area contributed by atoms with Crippen LogP contribution >= 0.6 is 0 Å². The maximum Gasteiger partial charge on any atom is 0.423 e. The molecule has 2 aliphatic heterocycles. The molecule has 8 nitrogen and oxygen atoms in total. The Balaban J connectivity index is 0.00000441. The van der Waals surface area contributed by atoms with Crippen LogP contribution in [0.15, 0.2) is 42.5 Å². The highest BCUT2D eigenvalue weighted by molar-refractivity contribution is 5.78. The van der Waals surface area contributed by atoms with Crippen LogP contribution in [0.3, 0.4) is 0 Å². The number of methoxy groups -OCH3 is 1. The molecule has 0 aliphatic carbocycles. The molecular formula is C29H39F3N4O4. The van der Waals surface area contributed by atoms with Crippen molar-refractivity contribution in [2.75, 3.05) is 62.7 Å². The van der Waals surface area contributed by atoms with Gasteiger partial charge in [-0.2, -0.15) is 13.2 Å². The van der Waals surface area contributed by atoms with Gasteiger partial charge in [-0.25, -0.2) is 0 Å². The third kappa shape index (κ3) is 8.09. The van der Waals surface area contributed by atoms with E-state index < -0.39 is 22.4 Å². The van der Waals surface area contributed by atoms with Gasteiger partial charge >= 0.3 is 6.18 Å². The third-order valence-corrected chi connectivity index (χ3v) is 7.72. The summed E-state index contributed by atoms with van der Waals surface area (Å²) >= 11 is 0. The van der Waals surface area contributed by atoms with E-state index in [-0.39, 0.29) is 19.1 Å². The molecule has 4 rings (SSSR count). The average Bonchev–Trinajstić information content (AvgIpc) is 2.93. The number of alkyl halides is 3. The summed E-state index contributed by atoms with van der Waals surface area (Å²) in [6.07, 6.45) is -1.53. The number of carbonyl (C=O) groups is 1. The Morgan fingerprint density at radius 2 is 1.57 bits per heavy atom. The molecular weight excluding hydrogens is 525 g/mol. The Kier molecular flexibility index (Phi) is 10.8. The van der Waals surface area contributed by atoms with Crippen LogP contribution in [0.25, 0.3) is 0 Å². The number of ether oxygens (including phenoxy) is 1. The predicted octanol–water partition coefficient (Wildman–Crippen LogP) is 6.04. The maximum atomic E-state index is 13.3. The van der Waals surface area contributed by atoms with Crippen molar-refractivity contribution in [3.05, 3.63) is 58.1 Å². The van der Waals surface area contributed by atoms with Crippen LogP contribution < -0.4 is 14.5 Å². The monoisotopic (exact) mass is 564 g/mol. The van der Waals surface area contributed by atoms with Crippen molar-refractivity contribution >= 4 is 22.8 Å². The molecule has 0 amide bonds. The number of nitro groups is 1. The van der Waals surface area contributed by atoms with Gasteiger partial charge in [-0.3, -0.25) is 19.8 Å². The van der Waals surface area contributed by atoms with Crippen LogP contribution in [0.5, 0.6) is 5.75 Å². The van der Waals surface area contributed by atoms with E-state index >= 15 is 0 Å². The highest BCUT2D eigenvalue weighted by Crippen LogP contribution is 2.39. The van der Waals surface area contributed by atoms with Gasteiger partial charge in [0.05, 0.1) is 12.0 Å². The Labute approximate surface area is 233 Å². The second-order valence-electron chi connectivity index (χ2n) is 10.3. The zero-order chi connectivity index (χ0) is 28.0. The van der Waals surface area contributed by atoms with Gasteiger partial charge in [0.25, 0.3) is 5.69 Å². The largest absolute Gasteiger partial charge is 0.497 e. The Hall–Kier alpha value is -3.34. The summed E-state index contributed by atoms with van der Waals surface area (Å²) in [5.41, 5.74) is -0.661. The molecule has 2 aliphatic rings. The summed E-state index contributed by atoms with van der Waals surface area (Å²) in [6.45, 7) is 5.73. The Morgan fingerprint density at radius 1 is 0.975 bits per heavy atom. The third-order valence-electron chi connectivity index (χ3n) is 7.72. The van der Waals surface area contributed by atoms with E-state index in [0.29, 0.717) is 44.5 Å². The molecule has 0 N–H and O–H groups in total. The second-order valence-corrected chi connectivity index (χ2v) is 10.3.